The van der Waals surface area contributed by atoms with Gasteiger partial charge in [0, 0.05) is 24.7 Å². The van der Waals surface area contributed by atoms with Crippen LogP contribution in [0.15, 0.2) is 78.9 Å². The molecule has 3 nitrogen and oxygen atoms in total. The lowest BCUT2D eigenvalue weighted by Crippen LogP contribution is -2.05. The molecule has 0 radical (unpaired) electrons. The molecule has 0 saturated heterocycles. The fourth-order valence-electron chi connectivity index (χ4n) is 2.84. The van der Waals surface area contributed by atoms with E-state index in [4.69, 9.17) is 9.47 Å². The van der Waals surface area contributed by atoms with Gasteiger partial charge in [-0.2, -0.15) is 0 Å². The van der Waals surface area contributed by atoms with Crippen molar-refractivity contribution in [2.24, 2.45) is 5.92 Å². The highest BCUT2D eigenvalue weighted by Gasteiger charge is 2.01. The average Bonchev–Trinajstić information content (AvgIpc) is 2.72. The Morgan fingerprint density at radius 2 is 1.46 bits per heavy atom. The lowest BCUT2D eigenvalue weighted by molar-refractivity contribution is 0.271. The average molecular weight is 376 g/mol. The molecule has 0 heterocycles. The third-order valence-corrected chi connectivity index (χ3v) is 4.31. The standard InChI is InChI=1S/C25H29NO2/c1-20(2)19-28-25-13-7-11-23(17-25)26-18-22-10-6-12-24(16-22)27-15-14-21-8-4-3-5-9-21/h3-13,16-17,20,26H,14-15,18-19H2,1-2H3. The van der Waals surface area contributed by atoms with Crippen LogP contribution in [0.3, 0.4) is 0 Å². The Balaban J connectivity index is 1.50. The topological polar surface area (TPSA) is 30.5 Å². The lowest BCUT2D eigenvalue weighted by atomic mass is 10.2. The molecule has 3 rings (SSSR count). The monoisotopic (exact) mass is 375 g/mol. The third-order valence-electron chi connectivity index (χ3n) is 4.31. The van der Waals surface area contributed by atoms with Gasteiger partial charge in [-0.05, 0) is 41.3 Å². The number of ether oxygens (including phenoxy) is 2. The van der Waals surface area contributed by atoms with Crippen LogP contribution in [-0.4, -0.2) is 13.2 Å². The summed E-state index contributed by atoms with van der Waals surface area (Å²) in [6.07, 6.45) is 0.909. The zero-order chi connectivity index (χ0) is 19.6. The Labute approximate surface area is 168 Å². The predicted octanol–water partition coefficient (Wildman–Crippen LogP) is 5.96. The van der Waals surface area contributed by atoms with Crippen molar-refractivity contribution in [1.82, 2.24) is 0 Å². The van der Waals surface area contributed by atoms with Gasteiger partial charge in [-0.1, -0.05) is 62.4 Å². The predicted molar refractivity (Wildman–Crippen MR) is 116 cm³/mol. The van der Waals surface area contributed by atoms with Crippen molar-refractivity contribution in [2.75, 3.05) is 18.5 Å². The number of hydrogen-bond acceptors (Lipinski definition) is 3. The first-order valence-electron chi connectivity index (χ1n) is 9.91. The van der Waals surface area contributed by atoms with Crippen molar-refractivity contribution >= 4 is 5.69 Å². The molecule has 0 unspecified atom stereocenters. The van der Waals surface area contributed by atoms with Gasteiger partial charge in [0.15, 0.2) is 0 Å². The summed E-state index contributed by atoms with van der Waals surface area (Å²) >= 11 is 0. The van der Waals surface area contributed by atoms with Gasteiger partial charge in [-0.15, -0.1) is 0 Å². The van der Waals surface area contributed by atoms with Crippen molar-refractivity contribution in [3.05, 3.63) is 90.0 Å². The van der Waals surface area contributed by atoms with E-state index in [1.54, 1.807) is 0 Å². The zero-order valence-corrected chi connectivity index (χ0v) is 16.7. The number of anilines is 1. The van der Waals surface area contributed by atoms with Crippen LogP contribution < -0.4 is 14.8 Å². The summed E-state index contributed by atoms with van der Waals surface area (Å²) in [5, 5.41) is 3.46. The van der Waals surface area contributed by atoms with E-state index in [2.05, 4.69) is 61.6 Å². The largest absolute Gasteiger partial charge is 0.493 e. The van der Waals surface area contributed by atoms with Crippen molar-refractivity contribution in [1.29, 1.82) is 0 Å². The van der Waals surface area contributed by atoms with E-state index < -0.39 is 0 Å². The summed E-state index contributed by atoms with van der Waals surface area (Å²) in [5.41, 5.74) is 3.53. The number of nitrogens with one attached hydrogen (secondary N) is 1. The minimum atomic E-state index is 0.515. The summed E-state index contributed by atoms with van der Waals surface area (Å²) in [6, 6.07) is 26.8. The van der Waals surface area contributed by atoms with Crippen LogP contribution in [0.5, 0.6) is 11.5 Å². The van der Waals surface area contributed by atoms with Gasteiger partial charge in [0.05, 0.1) is 13.2 Å². The second kappa shape index (κ2) is 10.4. The summed E-state index contributed by atoms with van der Waals surface area (Å²) < 4.78 is 11.7. The molecule has 3 aromatic rings. The summed E-state index contributed by atoms with van der Waals surface area (Å²) in [7, 11) is 0. The van der Waals surface area contributed by atoms with E-state index in [9.17, 15) is 0 Å². The molecule has 0 saturated carbocycles. The van der Waals surface area contributed by atoms with E-state index >= 15 is 0 Å². The van der Waals surface area contributed by atoms with Crippen LogP contribution >= 0.6 is 0 Å². The molecule has 1 N–H and O–H groups in total. The smallest absolute Gasteiger partial charge is 0.121 e. The zero-order valence-electron chi connectivity index (χ0n) is 16.7. The molecule has 0 fully saturated rings. The summed E-state index contributed by atoms with van der Waals surface area (Å²) in [6.45, 7) is 6.44. The van der Waals surface area contributed by atoms with Crippen LogP contribution in [-0.2, 0) is 13.0 Å². The van der Waals surface area contributed by atoms with Crippen LogP contribution in [0, 0.1) is 5.92 Å². The van der Waals surface area contributed by atoms with Gasteiger partial charge in [-0.3, -0.25) is 0 Å². The minimum absolute atomic E-state index is 0.515. The van der Waals surface area contributed by atoms with E-state index in [-0.39, 0.29) is 0 Å². The van der Waals surface area contributed by atoms with Crippen molar-refractivity contribution in [3.63, 3.8) is 0 Å². The highest BCUT2D eigenvalue weighted by atomic mass is 16.5. The maximum Gasteiger partial charge on any atom is 0.121 e. The Morgan fingerprint density at radius 1 is 0.750 bits per heavy atom. The molecule has 0 aromatic heterocycles. The normalized spacial score (nSPS) is 10.7. The Morgan fingerprint density at radius 3 is 2.25 bits per heavy atom. The van der Waals surface area contributed by atoms with Crippen LogP contribution in [0.2, 0.25) is 0 Å². The first-order valence-corrected chi connectivity index (χ1v) is 9.91. The molecule has 3 heteroatoms. The van der Waals surface area contributed by atoms with Gasteiger partial charge in [0.1, 0.15) is 11.5 Å². The highest BCUT2D eigenvalue weighted by Crippen LogP contribution is 2.20. The summed E-state index contributed by atoms with van der Waals surface area (Å²) in [4.78, 5) is 0. The molecule has 0 aliphatic carbocycles. The summed E-state index contributed by atoms with van der Waals surface area (Å²) in [5.74, 6) is 2.32. The Kier molecular flexibility index (Phi) is 7.36. The quantitative estimate of drug-likeness (QED) is 0.474. The molecule has 0 aliphatic rings. The van der Waals surface area contributed by atoms with E-state index in [1.165, 1.54) is 11.1 Å². The molecule has 3 aromatic carbocycles. The SMILES string of the molecule is CC(C)COc1cccc(NCc2cccc(OCCc3ccccc3)c2)c1. The Hall–Kier alpha value is -2.94. The van der Waals surface area contributed by atoms with E-state index in [1.807, 2.05) is 36.4 Å². The molecule has 0 bridgehead atoms. The lowest BCUT2D eigenvalue weighted by Gasteiger charge is -2.12. The van der Waals surface area contributed by atoms with Gasteiger partial charge < -0.3 is 14.8 Å². The van der Waals surface area contributed by atoms with Crippen molar-refractivity contribution < 1.29 is 9.47 Å². The van der Waals surface area contributed by atoms with E-state index in [0.717, 1.165) is 36.8 Å². The third kappa shape index (κ3) is 6.66. The number of hydrogen-bond donors (Lipinski definition) is 1. The molecule has 0 atom stereocenters. The molecule has 0 amide bonds. The highest BCUT2D eigenvalue weighted by molar-refractivity contribution is 5.48. The first kappa shape index (κ1) is 19.8. The first-order chi connectivity index (χ1) is 13.7. The molecule has 0 aliphatic heterocycles. The van der Waals surface area contributed by atoms with Crippen LogP contribution in [0.25, 0.3) is 0 Å². The van der Waals surface area contributed by atoms with E-state index in [0.29, 0.717) is 12.5 Å². The van der Waals surface area contributed by atoms with Crippen molar-refractivity contribution in [3.8, 4) is 11.5 Å². The second-order valence-electron chi connectivity index (χ2n) is 7.32. The molecular weight excluding hydrogens is 346 g/mol. The Bertz CT molecular complexity index is 846. The van der Waals surface area contributed by atoms with Crippen molar-refractivity contribution in [2.45, 2.75) is 26.8 Å². The van der Waals surface area contributed by atoms with Gasteiger partial charge >= 0.3 is 0 Å². The van der Waals surface area contributed by atoms with Gasteiger partial charge in [0.25, 0.3) is 0 Å². The molecular formula is C25H29NO2. The number of benzene rings is 3. The molecule has 0 spiro atoms. The maximum absolute atomic E-state index is 5.93. The van der Waals surface area contributed by atoms with Crippen LogP contribution in [0.4, 0.5) is 5.69 Å². The molecule has 146 valence electrons. The fraction of sp³-hybridized carbons (Fsp3) is 0.280. The molecule has 28 heavy (non-hydrogen) atoms. The van der Waals surface area contributed by atoms with Gasteiger partial charge in [-0.25, -0.2) is 0 Å². The fourth-order valence-corrected chi connectivity index (χ4v) is 2.84. The minimum Gasteiger partial charge on any atom is -0.493 e. The van der Waals surface area contributed by atoms with Crippen LogP contribution in [0.1, 0.15) is 25.0 Å². The maximum atomic E-state index is 5.93. The van der Waals surface area contributed by atoms with Gasteiger partial charge in [0.2, 0.25) is 0 Å². The second-order valence-corrected chi connectivity index (χ2v) is 7.32. The number of rotatable bonds is 10.